The van der Waals surface area contributed by atoms with Gasteiger partial charge in [0.25, 0.3) is 11.8 Å². The van der Waals surface area contributed by atoms with Crippen LogP contribution in [0.2, 0.25) is 0 Å². The summed E-state index contributed by atoms with van der Waals surface area (Å²) in [4.78, 5) is 24.7. The Bertz CT molecular complexity index is 1140. The molecule has 2 aromatic carbocycles. The molecule has 0 aliphatic carbocycles. The van der Waals surface area contributed by atoms with E-state index >= 15 is 0 Å². The molecule has 4 aromatic rings. The third-order valence-corrected chi connectivity index (χ3v) is 5.02. The quantitative estimate of drug-likeness (QED) is 0.574. The smallest absolute Gasteiger partial charge is 0.271 e. The largest absolute Gasteiger partial charge is 0.497 e. The average molecular weight is 374 g/mol. The van der Waals surface area contributed by atoms with Crippen LogP contribution in [0.25, 0.3) is 22.8 Å². The summed E-state index contributed by atoms with van der Waals surface area (Å²) >= 11 is 0. The van der Waals surface area contributed by atoms with E-state index in [0.29, 0.717) is 36.0 Å². The Morgan fingerprint density at radius 3 is 2.89 bits per heavy atom. The van der Waals surface area contributed by atoms with Gasteiger partial charge in [0.15, 0.2) is 11.4 Å². The summed E-state index contributed by atoms with van der Waals surface area (Å²) in [6, 6.07) is 15.4. The molecule has 0 bridgehead atoms. The number of hydrogen-bond acceptors (Lipinski definition) is 5. The summed E-state index contributed by atoms with van der Waals surface area (Å²) in [7, 11) is 1.65. The highest BCUT2D eigenvalue weighted by Gasteiger charge is 2.27. The highest BCUT2D eigenvalue weighted by atomic mass is 16.5. The molecule has 0 spiro atoms. The second-order valence-electron chi connectivity index (χ2n) is 6.79. The molecule has 0 saturated heterocycles. The molecule has 0 fully saturated rings. The lowest BCUT2D eigenvalue weighted by Gasteiger charge is -2.15. The van der Waals surface area contributed by atoms with Gasteiger partial charge in [-0.25, -0.2) is 9.97 Å². The highest BCUT2D eigenvalue weighted by Crippen LogP contribution is 2.29. The van der Waals surface area contributed by atoms with Crippen LogP contribution in [-0.2, 0) is 6.42 Å². The fourth-order valence-electron chi connectivity index (χ4n) is 3.57. The minimum atomic E-state index is -0.195. The lowest BCUT2D eigenvalue weighted by Crippen LogP contribution is -2.26. The summed E-state index contributed by atoms with van der Waals surface area (Å²) in [5.74, 6) is 1.55. The van der Waals surface area contributed by atoms with Crippen molar-refractivity contribution in [1.29, 1.82) is 0 Å². The molecule has 7 heteroatoms. The van der Waals surface area contributed by atoms with E-state index < -0.39 is 0 Å². The minimum absolute atomic E-state index is 0.109. The second kappa shape index (κ2) is 6.53. The monoisotopic (exact) mass is 374 g/mol. The number of fused-ring (bicyclic) bond motifs is 2. The SMILES string of the molecule is COc1cccc(C2CNC(=O)c3nc(-c4nc5ccccc5o4)[nH]c3C2)c1. The zero-order chi connectivity index (χ0) is 19.1. The first kappa shape index (κ1) is 16.6. The molecule has 2 N–H and O–H groups in total. The third kappa shape index (κ3) is 2.81. The Labute approximate surface area is 160 Å². The number of oxazole rings is 1. The Kier molecular flexibility index (Phi) is 3.86. The maximum Gasteiger partial charge on any atom is 0.271 e. The molecule has 0 saturated carbocycles. The van der Waals surface area contributed by atoms with E-state index in [4.69, 9.17) is 9.15 Å². The number of imidazole rings is 1. The fraction of sp³-hybridized carbons (Fsp3) is 0.190. The molecule has 140 valence electrons. The number of nitrogens with one attached hydrogen (secondary N) is 2. The van der Waals surface area contributed by atoms with Crippen molar-refractivity contribution in [2.75, 3.05) is 13.7 Å². The summed E-state index contributed by atoms with van der Waals surface area (Å²) < 4.78 is 11.1. The van der Waals surface area contributed by atoms with Gasteiger partial charge in [-0.1, -0.05) is 24.3 Å². The lowest BCUT2D eigenvalue weighted by atomic mass is 9.94. The molecule has 1 atom stereocenters. The van der Waals surface area contributed by atoms with Gasteiger partial charge < -0.3 is 19.5 Å². The number of rotatable bonds is 3. The van der Waals surface area contributed by atoms with Crippen LogP contribution >= 0.6 is 0 Å². The van der Waals surface area contributed by atoms with Crippen LogP contribution in [0.1, 0.15) is 27.7 Å². The topological polar surface area (TPSA) is 93.0 Å². The van der Waals surface area contributed by atoms with E-state index in [9.17, 15) is 4.79 Å². The first-order valence-corrected chi connectivity index (χ1v) is 9.08. The molecule has 2 aromatic heterocycles. The molecule has 1 amide bonds. The number of hydrogen-bond donors (Lipinski definition) is 2. The van der Waals surface area contributed by atoms with Crippen molar-refractivity contribution in [1.82, 2.24) is 20.3 Å². The Hall–Kier alpha value is -3.61. The van der Waals surface area contributed by atoms with Gasteiger partial charge in [-0.15, -0.1) is 0 Å². The van der Waals surface area contributed by atoms with E-state index in [-0.39, 0.29) is 11.8 Å². The molecule has 5 rings (SSSR count). The Morgan fingerprint density at radius 2 is 2.04 bits per heavy atom. The van der Waals surface area contributed by atoms with Crippen LogP contribution in [0.15, 0.2) is 52.9 Å². The number of ether oxygens (including phenoxy) is 1. The van der Waals surface area contributed by atoms with Crippen LogP contribution in [0.5, 0.6) is 5.75 Å². The number of para-hydroxylation sites is 2. The molecule has 1 aliphatic rings. The van der Waals surface area contributed by atoms with Gasteiger partial charge in [-0.05, 0) is 36.2 Å². The number of aromatic amines is 1. The molecular weight excluding hydrogens is 356 g/mol. The van der Waals surface area contributed by atoms with E-state index in [1.165, 1.54) is 0 Å². The van der Waals surface area contributed by atoms with Crippen LogP contribution in [0.4, 0.5) is 0 Å². The standard InChI is InChI=1S/C21H18N4O3/c1-27-14-6-4-5-12(9-14)13-10-16-18(20(26)22-11-13)25-19(23-16)21-24-15-7-2-3-8-17(15)28-21/h2-9,13H,10-11H2,1H3,(H,22,26)(H,23,25). The zero-order valence-corrected chi connectivity index (χ0v) is 15.2. The molecule has 1 aliphatic heterocycles. The van der Waals surface area contributed by atoms with Gasteiger partial charge in [0, 0.05) is 18.2 Å². The van der Waals surface area contributed by atoms with Gasteiger partial charge in [0.2, 0.25) is 0 Å². The molecule has 7 nitrogen and oxygen atoms in total. The zero-order valence-electron chi connectivity index (χ0n) is 15.2. The van der Waals surface area contributed by atoms with Gasteiger partial charge in [0.05, 0.1) is 7.11 Å². The minimum Gasteiger partial charge on any atom is -0.497 e. The van der Waals surface area contributed by atoms with Gasteiger partial charge in [-0.3, -0.25) is 4.79 Å². The molecule has 1 unspecified atom stereocenters. The first-order chi connectivity index (χ1) is 13.7. The van der Waals surface area contributed by atoms with Gasteiger partial charge >= 0.3 is 0 Å². The normalized spacial score (nSPS) is 16.5. The van der Waals surface area contributed by atoms with Crippen molar-refractivity contribution in [3.8, 4) is 17.5 Å². The van der Waals surface area contributed by atoms with E-state index in [1.807, 2.05) is 48.5 Å². The van der Waals surface area contributed by atoms with Crippen molar-refractivity contribution in [2.45, 2.75) is 12.3 Å². The summed E-state index contributed by atoms with van der Waals surface area (Å²) in [6.45, 7) is 0.536. The maximum atomic E-state index is 12.6. The molecule has 3 heterocycles. The van der Waals surface area contributed by atoms with E-state index in [1.54, 1.807) is 7.11 Å². The van der Waals surface area contributed by atoms with Gasteiger partial charge in [0.1, 0.15) is 17.0 Å². The van der Waals surface area contributed by atoms with Crippen molar-refractivity contribution >= 4 is 17.0 Å². The van der Waals surface area contributed by atoms with Gasteiger partial charge in [-0.2, -0.15) is 0 Å². The predicted molar refractivity (Wildman–Crippen MR) is 103 cm³/mol. The van der Waals surface area contributed by atoms with Crippen molar-refractivity contribution in [3.63, 3.8) is 0 Å². The predicted octanol–water partition coefficient (Wildman–Crippen LogP) is 3.30. The van der Waals surface area contributed by atoms with Crippen molar-refractivity contribution < 1.29 is 13.9 Å². The fourth-order valence-corrected chi connectivity index (χ4v) is 3.57. The third-order valence-electron chi connectivity index (χ3n) is 5.02. The van der Waals surface area contributed by atoms with Crippen LogP contribution < -0.4 is 10.1 Å². The number of nitrogens with zero attached hydrogens (tertiary/aromatic N) is 2. The van der Waals surface area contributed by atoms with Crippen LogP contribution in [0.3, 0.4) is 0 Å². The van der Waals surface area contributed by atoms with Crippen molar-refractivity contribution in [3.05, 3.63) is 65.5 Å². The van der Waals surface area contributed by atoms with Crippen LogP contribution in [0, 0.1) is 0 Å². The number of amides is 1. The Balaban J connectivity index is 1.51. The number of benzene rings is 2. The van der Waals surface area contributed by atoms with E-state index in [0.717, 1.165) is 22.5 Å². The summed E-state index contributed by atoms with van der Waals surface area (Å²) in [6.07, 6.45) is 0.647. The molecule has 28 heavy (non-hydrogen) atoms. The average Bonchev–Trinajstić information content (AvgIpc) is 3.31. The number of methoxy groups -OCH3 is 1. The lowest BCUT2D eigenvalue weighted by molar-refractivity contribution is 0.0950. The molecule has 0 radical (unpaired) electrons. The van der Waals surface area contributed by atoms with E-state index in [2.05, 4.69) is 20.3 Å². The number of H-pyrrole nitrogens is 1. The van der Waals surface area contributed by atoms with Crippen molar-refractivity contribution in [2.24, 2.45) is 0 Å². The maximum absolute atomic E-state index is 12.6. The number of carbonyl (C=O) groups is 1. The summed E-state index contributed by atoms with van der Waals surface area (Å²) in [5, 5.41) is 2.96. The molecular formula is C21H18N4O3. The highest BCUT2D eigenvalue weighted by molar-refractivity contribution is 5.94. The first-order valence-electron chi connectivity index (χ1n) is 9.08. The second-order valence-corrected chi connectivity index (χ2v) is 6.79. The van der Waals surface area contributed by atoms with Crippen LogP contribution in [-0.4, -0.2) is 34.5 Å². The summed E-state index contributed by atoms with van der Waals surface area (Å²) in [5.41, 5.74) is 3.71. The number of aromatic nitrogens is 3. The Morgan fingerprint density at radius 1 is 1.14 bits per heavy atom. The number of carbonyl (C=O) groups excluding carboxylic acids is 1.